The van der Waals surface area contributed by atoms with E-state index in [2.05, 4.69) is 5.32 Å². The maximum Gasteiger partial charge on any atom is 0.261 e. The Morgan fingerprint density at radius 2 is 1.57 bits per heavy atom. The van der Waals surface area contributed by atoms with Gasteiger partial charge in [0.2, 0.25) is 0 Å². The topological polar surface area (TPSA) is 64.6 Å². The molecule has 0 heterocycles. The summed E-state index contributed by atoms with van der Waals surface area (Å²) in [5.41, 5.74) is 1.42. The van der Waals surface area contributed by atoms with Crippen LogP contribution in [0.25, 0.3) is 0 Å². The fourth-order valence-electron chi connectivity index (χ4n) is 2.69. The van der Waals surface area contributed by atoms with Gasteiger partial charge in [-0.15, -0.1) is 0 Å². The predicted octanol–water partition coefficient (Wildman–Crippen LogP) is 4.90. The largest absolute Gasteiger partial charge is 0.481 e. The van der Waals surface area contributed by atoms with E-state index in [1.165, 1.54) is 19.1 Å². The molecule has 0 spiro atoms. The minimum atomic E-state index is -0.715. The van der Waals surface area contributed by atoms with Crippen molar-refractivity contribution in [2.45, 2.75) is 26.5 Å². The van der Waals surface area contributed by atoms with Gasteiger partial charge in [-0.05, 0) is 67.9 Å². The first-order chi connectivity index (χ1) is 14.4. The number of ether oxygens (including phenoxy) is 2. The molecule has 6 heteroatoms. The average Bonchev–Trinajstić information content (AvgIpc) is 2.74. The number of halogens is 1. The Balaban J connectivity index is 1.50. The van der Waals surface area contributed by atoms with Gasteiger partial charge in [-0.3, -0.25) is 9.59 Å². The molecule has 0 aliphatic rings. The Hall–Kier alpha value is -3.67. The summed E-state index contributed by atoms with van der Waals surface area (Å²) >= 11 is 0. The highest BCUT2D eigenvalue weighted by molar-refractivity contribution is 5.94. The molecule has 0 saturated heterocycles. The first-order valence-corrected chi connectivity index (χ1v) is 9.48. The maximum absolute atomic E-state index is 12.9. The van der Waals surface area contributed by atoms with E-state index in [1.807, 2.05) is 12.1 Å². The third-order valence-electron chi connectivity index (χ3n) is 4.36. The lowest BCUT2D eigenvalue weighted by molar-refractivity contribution is -0.127. The molecule has 3 aromatic carbocycles. The zero-order valence-corrected chi connectivity index (χ0v) is 16.7. The summed E-state index contributed by atoms with van der Waals surface area (Å²) in [4.78, 5) is 23.8. The number of nitrogens with one attached hydrogen (secondary N) is 1. The molecule has 1 atom stereocenters. The molecule has 0 aromatic heterocycles. The fourth-order valence-corrected chi connectivity index (χ4v) is 2.69. The van der Waals surface area contributed by atoms with Gasteiger partial charge in [0.05, 0.1) is 0 Å². The van der Waals surface area contributed by atoms with Crippen LogP contribution in [0.4, 0.5) is 4.39 Å². The van der Waals surface area contributed by atoms with Crippen LogP contribution in [0.5, 0.6) is 17.2 Å². The molecule has 0 aliphatic carbocycles. The minimum absolute atomic E-state index is 0.0654. The molecule has 0 aliphatic heterocycles. The predicted molar refractivity (Wildman–Crippen MR) is 111 cm³/mol. The first kappa shape index (κ1) is 21.0. The third kappa shape index (κ3) is 5.91. The first-order valence-electron chi connectivity index (χ1n) is 9.48. The molecule has 3 rings (SSSR count). The summed E-state index contributed by atoms with van der Waals surface area (Å²) in [5, 5.41) is 2.82. The van der Waals surface area contributed by atoms with E-state index in [4.69, 9.17) is 9.47 Å². The van der Waals surface area contributed by atoms with E-state index in [0.29, 0.717) is 29.4 Å². The van der Waals surface area contributed by atoms with Crippen LogP contribution in [-0.4, -0.2) is 17.8 Å². The van der Waals surface area contributed by atoms with Crippen LogP contribution in [0, 0.1) is 5.82 Å². The normalized spacial score (nSPS) is 11.4. The molecular formula is C24H22FNO4. The van der Waals surface area contributed by atoms with Crippen molar-refractivity contribution in [2.75, 3.05) is 0 Å². The van der Waals surface area contributed by atoms with Gasteiger partial charge in [-0.1, -0.05) is 24.3 Å². The number of benzene rings is 3. The van der Waals surface area contributed by atoms with Crippen molar-refractivity contribution in [1.29, 1.82) is 0 Å². The van der Waals surface area contributed by atoms with Gasteiger partial charge in [-0.2, -0.15) is 0 Å². The van der Waals surface area contributed by atoms with Gasteiger partial charge in [0.25, 0.3) is 5.91 Å². The van der Waals surface area contributed by atoms with E-state index in [9.17, 15) is 14.0 Å². The molecule has 1 unspecified atom stereocenters. The standard InChI is InChI=1S/C24H22FNO4/c1-16(27)19-4-3-5-23(14-19)29-17(2)24(28)26-15-18-6-10-21(11-7-18)30-22-12-8-20(25)9-13-22/h3-14,17H,15H2,1-2H3,(H,26,28). The average molecular weight is 407 g/mol. The lowest BCUT2D eigenvalue weighted by Crippen LogP contribution is -2.35. The molecule has 5 nitrogen and oxygen atoms in total. The van der Waals surface area contributed by atoms with Crippen LogP contribution >= 0.6 is 0 Å². The van der Waals surface area contributed by atoms with Crippen molar-refractivity contribution >= 4 is 11.7 Å². The molecule has 30 heavy (non-hydrogen) atoms. The Labute approximate surface area is 174 Å². The van der Waals surface area contributed by atoms with Crippen molar-refractivity contribution in [3.63, 3.8) is 0 Å². The Bertz CT molecular complexity index is 1020. The highest BCUT2D eigenvalue weighted by Gasteiger charge is 2.15. The number of carbonyl (C=O) groups excluding carboxylic acids is 2. The summed E-state index contributed by atoms with van der Waals surface area (Å²) in [7, 11) is 0. The smallest absolute Gasteiger partial charge is 0.261 e. The van der Waals surface area contributed by atoms with Crippen LogP contribution in [0.2, 0.25) is 0 Å². The minimum Gasteiger partial charge on any atom is -0.481 e. The molecule has 0 radical (unpaired) electrons. The Morgan fingerprint density at radius 3 is 2.20 bits per heavy atom. The van der Waals surface area contributed by atoms with Crippen LogP contribution in [0.3, 0.4) is 0 Å². The van der Waals surface area contributed by atoms with E-state index in [0.717, 1.165) is 5.56 Å². The monoisotopic (exact) mass is 407 g/mol. The van der Waals surface area contributed by atoms with E-state index < -0.39 is 6.10 Å². The fraction of sp³-hybridized carbons (Fsp3) is 0.167. The number of carbonyl (C=O) groups is 2. The Morgan fingerprint density at radius 1 is 0.933 bits per heavy atom. The highest BCUT2D eigenvalue weighted by atomic mass is 19.1. The van der Waals surface area contributed by atoms with Crippen LogP contribution in [0.15, 0.2) is 72.8 Å². The van der Waals surface area contributed by atoms with Gasteiger partial charge in [0, 0.05) is 12.1 Å². The number of hydrogen-bond acceptors (Lipinski definition) is 4. The van der Waals surface area contributed by atoms with Crippen molar-refractivity contribution in [3.05, 3.63) is 89.7 Å². The summed E-state index contributed by atoms with van der Waals surface area (Å²) < 4.78 is 24.2. The number of ketones is 1. The zero-order valence-electron chi connectivity index (χ0n) is 16.7. The van der Waals surface area contributed by atoms with E-state index >= 15 is 0 Å². The summed E-state index contributed by atoms with van der Waals surface area (Å²) in [6.45, 7) is 3.46. The van der Waals surface area contributed by atoms with Crippen molar-refractivity contribution in [3.8, 4) is 17.2 Å². The molecule has 0 fully saturated rings. The number of Topliss-reactive ketones (excluding diaryl/α,β-unsaturated/α-hetero) is 1. The summed E-state index contributed by atoms with van der Waals surface area (Å²) in [5.74, 6) is 0.959. The molecule has 0 bridgehead atoms. The number of rotatable bonds is 8. The third-order valence-corrected chi connectivity index (χ3v) is 4.36. The van der Waals surface area contributed by atoms with Crippen molar-refractivity contribution in [1.82, 2.24) is 5.32 Å². The van der Waals surface area contributed by atoms with Gasteiger partial charge in [-0.25, -0.2) is 4.39 Å². The van der Waals surface area contributed by atoms with Crippen LogP contribution in [-0.2, 0) is 11.3 Å². The number of amides is 1. The van der Waals surface area contributed by atoms with Crippen molar-refractivity contribution < 1.29 is 23.5 Å². The maximum atomic E-state index is 12.9. The second-order valence-electron chi connectivity index (χ2n) is 6.76. The van der Waals surface area contributed by atoms with E-state index in [-0.39, 0.29) is 17.5 Å². The quantitative estimate of drug-likeness (QED) is 0.539. The second kappa shape index (κ2) is 9.69. The molecule has 1 amide bonds. The van der Waals surface area contributed by atoms with Crippen molar-refractivity contribution in [2.24, 2.45) is 0 Å². The molecule has 0 saturated carbocycles. The Kier molecular flexibility index (Phi) is 6.80. The van der Waals surface area contributed by atoms with Crippen LogP contribution in [0.1, 0.15) is 29.8 Å². The van der Waals surface area contributed by atoms with Gasteiger partial charge in [0.15, 0.2) is 11.9 Å². The molecular weight excluding hydrogens is 385 g/mol. The zero-order chi connectivity index (χ0) is 21.5. The molecule has 154 valence electrons. The highest BCUT2D eigenvalue weighted by Crippen LogP contribution is 2.22. The van der Waals surface area contributed by atoms with Crippen LogP contribution < -0.4 is 14.8 Å². The molecule has 1 N–H and O–H groups in total. The van der Waals surface area contributed by atoms with Gasteiger partial charge >= 0.3 is 0 Å². The van der Waals surface area contributed by atoms with Gasteiger partial charge in [0.1, 0.15) is 23.1 Å². The van der Waals surface area contributed by atoms with Gasteiger partial charge < -0.3 is 14.8 Å². The lowest BCUT2D eigenvalue weighted by atomic mass is 10.1. The molecule has 3 aromatic rings. The lowest BCUT2D eigenvalue weighted by Gasteiger charge is -2.15. The SMILES string of the molecule is CC(=O)c1cccc(OC(C)C(=O)NCc2ccc(Oc3ccc(F)cc3)cc2)c1. The second-order valence-corrected chi connectivity index (χ2v) is 6.76. The summed E-state index contributed by atoms with van der Waals surface area (Å²) in [6, 6.07) is 19.7. The summed E-state index contributed by atoms with van der Waals surface area (Å²) in [6.07, 6.45) is -0.715. The van der Waals surface area contributed by atoms with E-state index in [1.54, 1.807) is 55.5 Å². The number of hydrogen-bond donors (Lipinski definition) is 1.